The van der Waals surface area contributed by atoms with Crippen LogP contribution in [0.4, 0.5) is 0 Å². The lowest BCUT2D eigenvalue weighted by atomic mass is 9.70. The number of allylic oxidation sites excluding steroid dienone is 1. The quantitative estimate of drug-likeness (QED) is 0.562. The molecule has 0 bridgehead atoms. The van der Waals surface area contributed by atoms with Gasteiger partial charge in [-0.25, -0.2) is 0 Å². The van der Waals surface area contributed by atoms with Crippen molar-refractivity contribution in [2.24, 2.45) is 5.41 Å². The van der Waals surface area contributed by atoms with E-state index in [-0.39, 0.29) is 5.92 Å². The number of nitrogens with zero attached hydrogens (tertiary/aromatic N) is 1. The van der Waals surface area contributed by atoms with Gasteiger partial charge in [0.05, 0.1) is 11.5 Å². The van der Waals surface area contributed by atoms with Crippen molar-refractivity contribution in [3.8, 4) is 6.07 Å². The van der Waals surface area contributed by atoms with E-state index in [1.54, 1.807) is 0 Å². The topological polar surface area (TPSA) is 23.8 Å². The molecule has 2 heteroatoms. The van der Waals surface area contributed by atoms with E-state index in [0.29, 0.717) is 0 Å². The lowest BCUT2D eigenvalue weighted by molar-refractivity contribution is 0.467. The van der Waals surface area contributed by atoms with Crippen molar-refractivity contribution >= 4 is 24.6 Å². The van der Waals surface area contributed by atoms with Crippen LogP contribution in [0.25, 0.3) is 6.08 Å². The standard InChI is InChI=1S/C25H22NP/c1-25(19-26)17-16-20-10-8-9-15-23(20)24(25)18-27(21-11-4-2-5-12-21)22-13-6-3-7-14-22/h2-17,24H,18H2,1H3. The molecule has 0 spiro atoms. The maximum Gasteiger partial charge on any atom is 0.0800 e. The first kappa shape index (κ1) is 17.7. The molecule has 0 aromatic heterocycles. The Morgan fingerprint density at radius 3 is 2.00 bits per heavy atom. The van der Waals surface area contributed by atoms with Crippen LogP contribution in [-0.4, -0.2) is 6.16 Å². The maximum atomic E-state index is 10.0. The molecule has 1 aliphatic carbocycles. The summed E-state index contributed by atoms with van der Waals surface area (Å²) in [7, 11) is -0.547. The molecule has 0 aliphatic heterocycles. The Morgan fingerprint density at radius 1 is 0.852 bits per heavy atom. The zero-order valence-electron chi connectivity index (χ0n) is 15.4. The SMILES string of the molecule is CC1(C#N)C=Cc2ccccc2C1CP(c1ccccc1)c1ccccc1. The molecule has 3 aromatic carbocycles. The summed E-state index contributed by atoms with van der Waals surface area (Å²) in [6.07, 6.45) is 5.18. The predicted octanol–water partition coefficient (Wildman–Crippen LogP) is 5.46. The highest BCUT2D eigenvalue weighted by Crippen LogP contribution is 2.49. The molecule has 2 unspecified atom stereocenters. The third kappa shape index (κ3) is 3.46. The molecule has 0 N–H and O–H groups in total. The summed E-state index contributed by atoms with van der Waals surface area (Å²) in [5.74, 6) is 0.176. The van der Waals surface area contributed by atoms with E-state index in [1.165, 1.54) is 21.7 Å². The second-order valence-corrected chi connectivity index (χ2v) is 9.45. The van der Waals surface area contributed by atoms with Crippen molar-refractivity contribution in [3.05, 3.63) is 102 Å². The van der Waals surface area contributed by atoms with E-state index < -0.39 is 13.3 Å². The summed E-state index contributed by atoms with van der Waals surface area (Å²) in [5.41, 5.74) is 2.05. The van der Waals surface area contributed by atoms with E-state index in [2.05, 4.69) is 110 Å². The molecule has 0 saturated heterocycles. The molecular formula is C25H22NP. The highest BCUT2D eigenvalue weighted by Gasteiger charge is 2.38. The molecule has 2 atom stereocenters. The van der Waals surface area contributed by atoms with E-state index in [0.717, 1.165) is 6.16 Å². The summed E-state index contributed by atoms with van der Waals surface area (Å²) in [4.78, 5) is 0. The van der Waals surface area contributed by atoms with Gasteiger partial charge in [-0.3, -0.25) is 0 Å². The monoisotopic (exact) mass is 367 g/mol. The van der Waals surface area contributed by atoms with Crippen LogP contribution in [0.15, 0.2) is 91.0 Å². The largest absolute Gasteiger partial charge is 0.197 e. The van der Waals surface area contributed by atoms with Crippen LogP contribution in [0.1, 0.15) is 24.0 Å². The summed E-state index contributed by atoms with van der Waals surface area (Å²) >= 11 is 0. The van der Waals surface area contributed by atoms with E-state index in [1.807, 2.05) is 0 Å². The molecule has 1 nitrogen and oxygen atoms in total. The Hall–Kier alpha value is -2.68. The van der Waals surface area contributed by atoms with Crippen LogP contribution in [-0.2, 0) is 0 Å². The molecule has 0 heterocycles. The zero-order valence-corrected chi connectivity index (χ0v) is 16.3. The fraction of sp³-hybridized carbons (Fsp3) is 0.160. The molecule has 3 aromatic rings. The van der Waals surface area contributed by atoms with Crippen LogP contribution in [0, 0.1) is 16.7 Å². The number of hydrogen-bond donors (Lipinski definition) is 0. The Labute approximate surface area is 162 Å². The minimum absolute atomic E-state index is 0.176. The van der Waals surface area contributed by atoms with Crippen LogP contribution >= 0.6 is 7.92 Å². The van der Waals surface area contributed by atoms with Crippen molar-refractivity contribution in [2.75, 3.05) is 6.16 Å². The van der Waals surface area contributed by atoms with Crippen LogP contribution in [0.3, 0.4) is 0 Å². The third-order valence-corrected chi connectivity index (χ3v) is 8.02. The lowest BCUT2D eigenvalue weighted by Crippen LogP contribution is -2.30. The van der Waals surface area contributed by atoms with E-state index in [4.69, 9.17) is 0 Å². The van der Waals surface area contributed by atoms with Crippen molar-refractivity contribution in [2.45, 2.75) is 12.8 Å². The first-order valence-corrected chi connectivity index (χ1v) is 10.8. The summed E-state index contributed by atoms with van der Waals surface area (Å²) in [6.45, 7) is 2.08. The number of rotatable bonds is 4. The Kier molecular flexibility index (Phi) is 4.93. The minimum atomic E-state index is -0.547. The summed E-state index contributed by atoms with van der Waals surface area (Å²) in [6, 6.07) is 32.6. The molecule has 27 heavy (non-hydrogen) atoms. The van der Waals surface area contributed by atoms with Gasteiger partial charge in [0, 0.05) is 5.92 Å². The van der Waals surface area contributed by atoms with Gasteiger partial charge in [0.25, 0.3) is 0 Å². The Balaban J connectivity index is 1.80. The second-order valence-electron chi connectivity index (χ2n) is 7.19. The number of benzene rings is 3. The van der Waals surface area contributed by atoms with Gasteiger partial charge >= 0.3 is 0 Å². The fourth-order valence-corrected chi connectivity index (χ4v) is 6.57. The molecule has 0 radical (unpaired) electrons. The second kappa shape index (κ2) is 7.51. The smallest absolute Gasteiger partial charge is 0.0800 e. The van der Waals surface area contributed by atoms with Crippen LogP contribution in [0.2, 0.25) is 0 Å². The molecule has 0 saturated carbocycles. The van der Waals surface area contributed by atoms with Crippen molar-refractivity contribution in [1.82, 2.24) is 0 Å². The fourth-order valence-electron chi connectivity index (χ4n) is 3.84. The number of fused-ring (bicyclic) bond motifs is 1. The van der Waals surface area contributed by atoms with Crippen molar-refractivity contribution in [3.63, 3.8) is 0 Å². The molecule has 4 rings (SSSR count). The maximum absolute atomic E-state index is 10.0. The highest BCUT2D eigenvalue weighted by molar-refractivity contribution is 7.73. The summed E-state index contributed by atoms with van der Waals surface area (Å²) < 4.78 is 0. The predicted molar refractivity (Wildman–Crippen MR) is 116 cm³/mol. The van der Waals surface area contributed by atoms with Gasteiger partial charge < -0.3 is 0 Å². The van der Waals surface area contributed by atoms with Crippen molar-refractivity contribution < 1.29 is 0 Å². The van der Waals surface area contributed by atoms with E-state index in [9.17, 15) is 5.26 Å². The number of nitriles is 1. The van der Waals surface area contributed by atoms with Crippen molar-refractivity contribution in [1.29, 1.82) is 5.26 Å². The van der Waals surface area contributed by atoms with Gasteiger partial charge in [-0.1, -0.05) is 97.1 Å². The van der Waals surface area contributed by atoms with Crippen LogP contribution < -0.4 is 10.6 Å². The summed E-state index contributed by atoms with van der Waals surface area (Å²) in [5, 5.41) is 12.7. The average molecular weight is 367 g/mol. The van der Waals surface area contributed by atoms with E-state index >= 15 is 0 Å². The molecule has 0 amide bonds. The molecule has 1 aliphatic rings. The first-order chi connectivity index (χ1) is 13.2. The van der Waals surface area contributed by atoms with Gasteiger partial charge in [-0.15, -0.1) is 0 Å². The third-order valence-electron chi connectivity index (χ3n) is 5.45. The average Bonchev–Trinajstić information content (AvgIpc) is 2.74. The van der Waals surface area contributed by atoms with Crippen LogP contribution in [0.5, 0.6) is 0 Å². The Bertz CT molecular complexity index is 948. The minimum Gasteiger partial charge on any atom is -0.197 e. The van der Waals surface area contributed by atoms with Gasteiger partial charge in [0.15, 0.2) is 0 Å². The Morgan fingerprint density at radius 2 is 1.41 bits per heavy atom. The van der Waals surface area contributed by atoms with Gasteiger partial charge in [-0.05, 0) is 42.7 Å². The lowest BCUT2D eigenvalue weighted by Gasteiger charge is -2.36. The highest BCUT2D eigenvalue weighted by atomic mass is 31.1. The molecule has 0 fully saturated rings. The van der Waals surface area contributed by atoms with Gasteiger partial charge in [0.1, 0.15) is 0 Å². The zero-order chi connectivity index (χ0) is 18.7. The normalized spacial score (nSPS) is 20.9. The van der Waals surface area contributed by atoms with Gasteiger partial charge in [0.2, 0.25) is 0 Å². The number of hydrogen-bond acceptors (Lipinski definition) is 1. The molecular weight excluding hydrogens is 345 g/mol. The first-order valence-electron chi connectivity index (χ1n) is 9.28. The van der Waals surface area contributed by atoms with Gasteiger partial charge in [-0.2, -0.15) is 5.26 Å². The molecule has 132 valence electrons.